The summed E-state index contributed by atoms with van der Waals surface area (Å²) in [7, 11) is 0. The molecule has 0 aliphatic rings. The molecule has 13 heavy (non-hydrogen) atoms. The minimum absolute atomic E-state index is 0.307. The minimum Gasteiger partial charge on any atom is -0.489 e. The maximum atomic E-state index is 12.6. The first kappa shape index (κ1) is 9.71. The van der Waals surface area contributed by atoms with Crippen LogP contribution in [0.4, 0.5) is 8.78 Å². The molecule has 1 nitrogen and oxygen atoms in total. The summed E-state index contributed by atoms with van der Waals surface area (Å²) in [5.41, 5.74) is 0.824. The fourth-order valence-electron chi connectivity index (χ4n) is 0.773. The normalized spacial score (nSPS) is 9.77. The second-order valence-corrected chi connectivity index (χ2v) is 2.82. The summed E-state index contributed by atoms with van der Waals surface area (Å²) in [6, 6.07) is 3.42. The van der Waals surface area contributed by atoms with Crippen LogP contribution in [-0.4, -0.2) is 6.61 Å². The quantitative estimate of drug-likeness (QED) is 0.656. The molecular weight excluding hydrogens is 174 g/mol. The molecule has 0 fully saturated rings. The largest absolute Gasteiger partial charge is 0.489 e. The molecular formula is C10H10F2O. The molecule has 70 valence electrons. The van der Waals surface area contributed by atoms with Gasteiger partial charge in [-0.15, -0.1) is 0 Å². The molecule has 0 aliphatic carbocycles. The van der Waals surface area contributed by atoms with Crippen molar-refractivity contribution in [3.8, 4) is 5.75 Å². The van der Waals surface area contributed by atoms with Crippen molar-refractivity contribution in [1.29, 1.82) is 0 Å². The number of ether oxygens (including phenoxy) is 1. The minimum atomic E-state index is -0.904. The average Bonchev–Trinajstić information content (AvgIpc) is 2.07. The maximum Gasteiger partial charge on any atom is 0.162 e. The first-order chi connectivity index (χ1) is 6.09. The van der Waals surface area contributed by atoms with Gasteiger partial charge >= 0.3 is 0 Å². The van der Waals surface area contributed by atoms with E-state index in [9.17, 15) is 8.78 Å². The Balaban J connectivity index is 2.68. The molecule has 0 saturated heterocycles. The fourth-order valence-corrected chi connectivity index (χ4v) is 0.773. The smallest absolute Gasteiger partial charge is 0.162 e. The number of benzene rings is 1. The standard InChI is InChI=1S/C10H10F2O/c1-7(2)6-13-8-3-4-9(11)10(12)5-8/h3-5H,1,6H2,2H3. The number of rotatable bonds is 3. The lowest BCUT2D eigenvalue weighted by atomic mass is 10.3. The Bertz CT molecular complexity index is 321. The summed E-state index contributed by atoms with van der Waals surface area (Å²) in [6.07, 6.45) is 0. The van der Waals surface area contributed by atoms with Crippen molar-refractivity contribution in [3.63, 3.8) is 0 Å². The molecule has 0 spiro atoms. The Labute approximate surface area is 75.6 Å². The number of hydrogen-bond acceptors (Lipinski definition) is 1. The van der Waals surface area contributed by atoms with Gasteiger partial charge in [0.15, 0.2) is 11.6 Å². The Morgan fingerprint density at radius 3 is 2.62 bits per heavy atom. The molecule has 0 aromatic heterocycles. The highest BCUT2D eigenvalue weighted by Crippen LogP contribution is 2.15. The molecule has 0 radical (unpaired) electrons. The predicted octanol–water partition coefficient (Wildman–Crippen LogP) is 2.92. The molecule has 0 atom stereocenters. The first-order valence-corrected chi connectivity index (χ1v) is 3.82. The highest BCUT2D eigenvalue weighted by molar-refractivity contribution is 5.23. The highest BCUT2D eigenvalue weighted by Gasteiger charge is 2.02. The zero-order valence-electron chi connectivity index (χ0n) is 7.31. The van der Waals surface area contributed by atoms with Gasteiger partial charge in [0.1, 0.15) is 12.4 Å². The maximum absolute atomic E-state index is 12.6. The van der Waals surface area contributed by atoms with Crippen LogP contribution in [0.15, 0.2) is 30.4 Å². The summed E-state index contributed by atoms with van der Waals surface area (Å²) in [5.74, 6) is -1.47. The van der Waals surface area contributed by atoms with Gasteiger partial charge < -0.3 is 4.74 Å². The van der Waals surface area contributed by atoms with Crippen molar-refractivity contribution >= 4 is 0 Å². The summed E-state index contributed by atoms with van der Waals surface area (Å²) in [6.45, 7) is 5.72. The lowest BCUT2D eigenvalue weighted by Gasteiger charge is -2.05. The van der Waals surface area contributed by atoms with Gasteiger partial charge in [0.2, 0.25) is 0 Å². The van der Waals surface area contributed by atoms with E-state index in [-0.39, 0.29) is 0 Å². The van der Waals surface area contributed by atoms with Crippen molar-refractivity contribution in [2.45, 2.75) is 6.92 Å². The fraction of sp³-hybridized carbons (Fsp3) is 0.200. The summed E-state index contributed by atoms with van der Waals surface area (Å²) in [5, 5.41) is 0. The zero-order chi connectivity index (χ0) is 9.84. The monoisotopic (exact) mass is 184 g/mol. The molecule has 0 saturated carbocycles. The van der Waals surface area contributed by atoms with E-state index in [0.717, 1.165) is 17.7 Å². The van der Waals surface area contributed by atoms with Crippen molar-refractivity contribution in [2.75, 3.05) is 6.61 Å². The van der Waals surface area contributed by atoms with E-state index in [1.165, 1.54) is 6.07 Å². The van der Waals surface area contributed by atoms with Crippen molar-refractivity contribution < 1.29 is 13.5 Å². The van der Waals surface area contributed by atoms with Crippen LogP contribution in [0.25, 0.3) is 0 Å². The van der Waals surface area contributed by atoms with Crippen molar-refractivity contribution in [1.82, 2.24) is 0 Å². The third-order valence-corrected chi connectivity index (χ3v) is 1.38. The van der Waals surface area contributed by atoms with Crippen LogP contribution >= 0.6 is 0 Å². The van der Waals surface area contributed by atoms with E-state index in [0.29, 0.717) is 12.4 Å². The van der Waals surface area contributed by atoms with Gasteiger partial charge in [-0.05, 0) is 24.6 Å². The van der Waals surface area contributed by atoms with Gasteiger partial charge in [-0.3, -0.25) is 0 Å². The Morgan fingerprint density at radius 2 is 2.08 bits per heavy atom. The first-order valence-electron chi connectivity index (χ1n) is 3.82. The Hall–Kier alpha value is -1.38. The topological polar surface area (TPSA) is 9.23 Å². The van der Waals surface area contributed by atoms with Crippen LogP contribution < -0.4 is 4.74 Å². The van der Waals surface area contributed by atoms with E-state index in [4.69, 9.17) is 4.74 Å². The molecule has 0 unspecified atom stereocenters. The van der Waals surface area contributed by atoms with Gasteiger partial charge in [0, 0.05) is 6.07 Å². The van der Waals surface area contributed by atoms with Crippen LogP contribution in [0.3, 0.4) is 0 Å². The Kier molecular flexibility index (Phi) is 3.01. The molecule has 0 bridgehead atoms. The molecule has 3 heteroatoms. The lowest BCUT2D eigenvalue weighted by molar-refractivity contribution is 0.348. The van der Waals surface area contributed by atoms with Crippen molar-refractivity contribution in [2.24, 2.45) is 0 Å². The summed E-state index contributed by atoms with van der Waals surface area (Å²) < 4.78 is 30.2. The van der Waals surface area contributed by atoms with Crippen molar-refractivity contribution in [3.05, 3.63) is 42.0 Å². The van der Waals surface area contributed by atoms with Crippen LogP contribution in [0.2, 0.25) is 0 Å². The zero-order valence-corrected chi connectivity index (χ0v) is 7.31. The number of hydrogen-bond donors (Lipinski definition) is 0. The molecule has 0 heterocycles. The lowest BCUT2D eigenvalue weighted by Crippen LogP contribution is -1.98. The van der Waals surface area contributed by atoms with Gasteiger partial charge in [-0.1, -0.05) is 6.58 Å². The van der Waals surface area contributed by atoms with E-state index < -0.39 is 11.6 Å². The van der Waals surface area contributed by atoms with Gasteiger partial charge in [-0.25, -0.2) is 8.78 Å². The predicted molar refractivity (Wildman–Crippen MR) is 46.7 cm³/mol. The van der Waals surface area contributed by atoms with Crippen LogP contribution in [0.5, 0.6) is 5.75 Å². The van der Waals surface area contributed by atoms with E-state index in [2.05, 4.69) is 6.58 Å². The highest BCUT2D eigenvalue weighted by atomic mass is 19.2. The number of halogens is 2. The summed E-state index contributed by atoms with van der Waals surface area (Å²) in [4.78, 5) is 0. The van der Waals surface area contributed by atoms with E-state index >= 15 is 0 Å². The molecule has 0 N–H and O–H groups in total. The van der Waals surface area contributed by atoms with Crippen LogP contribution in [0, 0.1) is 11.6 Å². The molecule has 1 aromatic rings. The van der Waals surface area contributed by atoms with Gasteiger partial charge in [0.05, 0.1) is 0 Å². The third-order valence-electron chi connectivity index (χ3n) is 1.38. The molecule has 1 rings (SSSR count). The van der Waals surface area contributed by atoms with Crippen LogP contribution in [-0.2, 0) is 0 Å². The van der Waals surface area contributed by atoms with E-state index in [1.807, 2.05) is 0 Å². The SMILES string of the molecule is C=C(C)COc1ccc(F)c(F)c1. The molecule has 1 aromatic carbocycles. The average molecular weight is 184 g/mol. The van der Waals surface area contributed by atoms with E-state index in [1.54, 1.807) is 6.92 Å². The summed E-state index contributed by atoms with van der Waals surface area (Å²) >= 11 is 0. The second-order valence-electron chi connectivity index (χ2n) is 2.82. The molecule has 0 aliphatic heterocycles. The van der Waals surface area contributed by atoms with Gasteiger partial charge in [-0.2, -0.15) is 0 Å². The van der Waals surface area contributed by atoms with Crippen LogP contribution in [0.1, 0.15) is 6.92 Å². The Morgan fingerprint density at radius 1 is 1.38 bits per heavy atom. The second kappa shape index (κ2) is 4.03. The third kappa shape index (κ3) is 2.86. The molecule has 0 amide bonds. The van der Waals surface area contributed by atoms with Gasteiger partial charge in [0.25, 0.3) is 0 Å².